The van der Waals surface area contributed by atoms with Gasteiger partial charge in [-0.05, 0) is 34.0 Å². The third-order valence-electron chi connectivity index (χ3n) is 3.15. The fourth-order valence-corrected chi connectivity index (χ4v) is 3.29. The van der Waals surface area contributed by atoms with E-state index in [1.165, 1.54) is 10.5 Å². The number of aliphatic imine (C=N–C) groups is 1. The van der Waals surface area contributed by atoms with E-state index in [1.54, 1.807) is 11.8 Å². The van der Waals surface area contributed by atoms with Crippen molar-refractivity contribution in [2.24, 2.45) is 4.99 Å². The lowest BCUT2D eigenvalue weighted by Crippen LogP contribution is -2.32. The zero-order valence-corrected chi connectivity index (χ0v) is 12.4. The van der Waals surface area contributed by atoms with E-state index >= 15 is 0 Å². The topological polar surface area (TPSA) is 18.8 Å². The van der Waals surface area contributed by atoms with Gasteiger partial charge < -0.3 is 4.90 Å². The van der Waals surface area contributed by atoms with E-state index in [1.807, 2.05) is 0 Å². The maximum Gasteiger partial charge on any atom is 0.166 e. The van der Waals surface area contributed by atoms with Crippen molar-refractivity contribution in [3.05, 3.63) is 29.8 Å². The molecule has 0 amide bonds. The predicted octanol–water partition coefficient (Wildman–Crippen LogP) is 3.05. The summed E-state index contributed by atoms with van der Waals surface area (Å²) < 4.78 is 0. The monoisotopic (exact) mass is 263 g/mol. The lowest BCUT2D eigenvalue weighted by atomic mass is 10.1. The van der Waals surface area contributed by atoms with Crippen LogP contribution in [0.3, 0.4) is 0 Å². The first-order chi connectivity index (χ1) is 8.67. The summed E-state index contributed by atoms with van der Waals surface area (Å²) in [6, 6.07) is 8.56. The summed E-state index contributed by atoms with van der Waals surface area (Å²) in [5.74, 6) is 0. The van der Waals surface area contributed by atoms with Crippen LogP contribution in [0.5, 0.6) is 0 Å². The van der Waals surface area contributed by atoms with Gasteiger partial charge in [-0.15, -0.1) is 0 Å². The minimum absolute atomic E-state index is 0.137. The number of thioether (sulfide) groups is 1. The highest BCUT2D eigenvalue weighted by atomic mass is 32.2. The second kappa shape index (κ2) is 5.76. The van der Waals surface area contributed by atoms with Crippen LogP contribution in [-0.2, 0) is 0 Å². The largest absolute Gasteiger partial charge is 0.352 e. The molecule has 0 bridgehead atoms. The van der Waals surface area contributed by atoms with Crippen molar-refractivity contribution in [3.63, 3.8) is 0 Å². The van der Waals surface area contributed by atoms with Gasteiger partial charge in [0.15, 0.2) is 5.17 Å². The number of hydrogen-bond donors (Lipinski definition) is 0. The molecule has 0 radical (unpaired) electrons. The number of benzene rings is 1. The molecule has 1 aromatic carbocycles. The zero-order valence-electron chi connectivity index (χ0n) is 11.6. The molecule has 1 atom stereocenters. The van der Waals surface area contributed by atoms with Crippen LogP contribution < -0.4 is 0 Å². The van der Waals surface area contributed by atoms with E-state index in [4.69, 9.17) is 4.99 Å². The van der Waals surface area contributed by atoms with Crippen LogP contribution in [0.25, 0.3) is 0 Å². The lowest BCUT2D eigenvalue weighted by Gasteiger charge is -2.32. The third-order valence-corrected chi connectivity index (χ3v) is 4.29. The van der Waals surface area contributed by atoms with E-state index in [2.05, 4.69) is 62.0 Å². The van der Waals surface area contributed by atoms with Crippen molar-refractivity contribution in [2.45, 2.75) is 24.9 Å². The van der Waals surface area contributed by atoms with Gasteiger partial charge in [-0.25, -0.2) is 4.99 Å². The Morgan fingerprint density at radius 2 is 1.83 bits per heavy atom. The number of amidine groups is 1. The van der Waals surface area contributed by atoms with Gasteiger partial charge in [-0.1, -0.05) is 30.0 Å². The van der Waals surface area contributed by atoms with Gasteiger partial charge in [-0.2, -0.15) is 0 Å². The van der Waals surface area contributed by atoms with E-state index in [0.717, 1.165) is 18.3 Å². The maximum absolute atomic E-state index is 4.90. The Bertz CT molecular complexity index is 438. The van der Waals surface area contributed by atoms with Gasteiger partial charge >= 0.3 is 0 Å². The summed E-state index contributed by atoms with van der Waals surface area (Å²) in [6.07, 6.45) is 0.137. The summed E-state index contributed by atoms with van der Waals surface area (Å²) in [5, 5.41) is 1.14. The van der Waals surface area contributed by atoms with Crippen molar-refractivity contribution >= 4 is 16.9 Å². The van der Waals surface area contributed by atoms with E-state index in [0.29, 0.717) is 0 Å². The smallest absolute Gasteiger partial charge is 0.166 e. The Kier molecular flexibility index (Phi) is 4.30. The van der Waals surface area contributed by atoms with Gasteiger partial charge in [0, 0.05) is 23.5 Å². The second-order valence-electron chi connectivity index (χ2n) is 4.56. The highest BCUT2D eigenvalue weighted by Crippen LogP contribution is 2.37. The first-order valence-corrected chi connectivity index (χ1v) is 7.25. The molecular formula is C14H21N3S. The molecule has 98 valence electrons. The van der Waals surface area contributed by atoms with Crippen molar-refractivity contribution in [2.75, 3.05) is 27.2 Å². The molecule has 0 aliphatic carbocycles. The van der Waals surface area contributed by atoms with E-state index < -0.39 is 0 Å². The Hall–Kier alpha value is -1.00. The minimum atomic E-state index is 0.137. The number of hydrogen-bond acceptors (Lipinski definition) is 4. The molecule has 0 aromatic heterocycles. The fourth-order valence-electron chi connectivity index (χ4n) is 2.12. The van der Waals surface area contributed by atoms with Crippen LogP contribution >= 0.6 is 11.8 Å². The molecule has 0 spiro atoms. The Morgan fingerprint density at radius 1 is 1.17 bits per heavy atom. The van der Waals surface area contributed by atoms with Crippen LogP contribution in [0.1, 0.15) is 25.6 Å². The van der Waals surface area contributed by atoms with Gasteiger partial charge in [0.25, 0.3) is 0 Å². The van der Waals surface area contributed by atoms with Gasteiger partial charge in [0.2, 0.25) is 0 Å². The van der Waals surface area contributed by atoms with Crippen molar-refractivity contribution in [3.8, 4) is 0 Å². The fraction of sp³-hybridized carbons (Fsp3) is 0.500. The van der Waals surface area contributed by atoms with Gasteiger partial charge in [0.05, 0.1) is 0 Å². The molecule has 2 rings (SSSR count). The SMILES string of the molecule is CCN(CC)C1=NC(N(C)C)c2ccccc2S1. The molecule has 0 saturated heterocycles. The molecule has 1 heterocycles. The molecule has 1 aliphatic heterocycles. The molecule has 4 heteroatoms. The molecule has 1 aliphatic rings. The van der Waals surface area contributed by atoms with Gasteiger partial charge in [0.1, 0.15) is 6.17 Å². The van der Waals surface area contributed by atoms with Crippen LogP contribution in [0.15, 0.2) is 34.2 Å². The quantitative estimate of drug-likeness (QED) is 0.835. The second-order valence-corrected chi connectivity index (χ2v) is 5.57. The molecule has 1 unspecified atom stereocenters. The summed E-state index contributed by atoms with van der Waals surface area (Å²) in [5.41, 5.74) is 1.31. The Labute approximate surface area is 114 Å². The van der Waals surface area contributed by atoms with Crippen molar-refractivity contribution in [1.82, 2.24) is 9.80 Å². The molecule has 0 N–H and O–H groups in total. The zero-order chi connectivity index (χ0) is 13.1. The lowest BCUT2D eigenvalue weighted by molar-refractivity contribution is 0.301. The molecule has 0 fully saturated rings. The van der Waals surface area contributed by atoms with Crippen molar-refractivity contribution in [1.29, 1.82) is 0 Å². The molecule has 0 saturated carbocycles. The summed E-state index contributed by atoms with van der Waals surface area (Å²) in [4.78, 5) is 10.7. The highest BCUT2D eigenvalue weighted by molar-refractivity contribution is 8.13. The standard InChI is InChI=1S/C14H21N3S/c1-5-17(6-2)14-15-13(16(3)4)11-9-7-8-10-12(11)18-14/h7-10,13H,5-6H2,1-4H3. The molecule has 3 nitrogen and oxygen atoms in total. The molecular weight excluding hydrogens is 242 g/mol. The third kappa shape index (κ3) is 2.54. The van der Waals surface area contributed by atoms with Crippen LogP contribution in [0.4, 0.5) is 0 Å². The minimum Gasteiger partial charge on any atom is -0.352 e. The van der Waals surface area contributed by atoms with Gasteiger partial charge in [-0.3, -0.25) is 4.90 Å². The summed E-state index contributed by atoms with van der Waals surface area (Å²) in [6.45, 7) is 6.37. The average molecular weight is 263 g/mol. The number of rotatable bonds is 3. The number of fused-ring (bicyclic) bond motifs is 1. The first-order valence-electron chi connectivity index (χ1n) is 6.43. The Morgan fingerprint density at radius 3 is 2.44 bits per heavy atom. The average Bonchev–Trinajstić information content (AvgIpc) is 2.39. The summed E-state index contributed by atoms with van der Waals surface area (Å²) in [7, 11) is 4.17. The molecule has 1 aromatic rings. The summed E-state index contributed by atoms with van der Waals surface area (Å²) >= 11 is 1.78. The first kappa shape index (κ1) is 13.4. The Balaban J connectivity index is 2.38. The normalized spacial score (nSPS) is 18.5. The van der Waals surface area contributed by atoms with E-state index in [-0.39, 0.29) is 6.17 Å². The predicted molar refractivity (Wildman–Crippen MR) is 79.1 cm³/mol. The van der Waals surface area contributed by atoms with Crippen LogP contribution in [0, 0.1) is 0 Å². The van der Waals surface area contributed by atoms with E-state index in [9.17, 15) is 0 Å². The van der Waals surface area contributed by atoms with Crippen LogP contribution in [0.2, 0.25) is 0 Å². The maximum atomic E-state index is 4.90. The van der Waals surface area contributed by atoms with Crippen molar-refractivity contribution < 1.29 is 0 Å². The molecule has 18 heavy (non-hydrogen) atoms. The highest BCUT2D eigenvalue weighted by Gasteiger charge is 2.25. The van der Waals surface area contributed by atoms with Crippen LogP contribution in [-0.4, -0.2) is 42.2 Å². The number of nitrogens with zero attached hydrogens (tertiary/aromatic N) is 3.